The van der Waals surface area contributed by atoms with Crippen molar-refractivity contribution in [2.45, 2.75) is 25.8 Å². The number of rotatable bonds is 7. The molecule has 1 saturated heterocycles. The monoisotopic (exact) mass is 423 g/mol. The van der Waals surface area contributed by atoms with Gasteiger partial charge in [-0.2, -0.15) is 4.98 Å². The SMILES string of the molecule is O=C(NCCc1nc(-c2cccnc2)no1)[C@H]1CCC(=O)N(Cc2cccc(F)c2)C1. The number of hydrogen-bond donors (Lipinski definition) is 1. The first-order valence-corrected chi connectivity index (χ1v) is 10.1. The summed E-state index contributed by atoms with van der Waals surface area (Å²) in [6, 6.07) is 9.77. The average Bonchev–Trinajstić information content (AvgIpc) is 3.25. The van der Waals surface area contributed by atoms with Gasteiger partial charge in [0.1, 0.15) is 5.82 Å². The molecule has 0 saturated carbocycles. The van der Waals surface area contributed by atoms with Gasteiger partial charge >= 0.3 is 0 Å². The molecule has 1 aromatic carbocycles. The number of amides is 2. The second-order valence-corrected chi connectivity index (χ2v) is 7.43. The fraction of sp³-hybridized carbons (Fsp3) is 0.318. The predicted octanol–water partition coefficient (Wildman–Crippen LogP) is 2.37. The lowest BCUT2D eigenvalue weighted by Gasteiger charge is -2.32. The number of piperidine rings is 1. The average molecular weight is 423 g/mol. The molecule has 1 aliphatic heterocycles. The minimum Gasteiger partial charge on any atom is -0.355 e. The third kappa shape index (κ3) is 5.30. The highest BCUT2D eigenvalue weighted by atomic mass is 19.1. The van der Waals surface area contributed by atoms with Crippen LogP contribution in [0.4, 0.5) is 4.39 Å². The van der Waals surface area contributed by atoms with Crippen molar-refractivity contribution < 1.29 is 18.5 Å². The predicted molar refractivity (Wildman–Crippen MR) is 109 cm³/mol. The third-order valence-electron chi connectivity index (χ3n) is 5.16. The lowest BCUT2D eigenvalue weighted by atomic mass is 9.96. The van der Waals surface area contributed by atoms with Gasteiger partial charge in [0.25, 0.3) is 0 Å². The number of halogens is 1. The largest absolute Gasteiger partial charge is 0.355 e. The molecule has 0 radical (unpaired) electrons. The molecule has 8 nitrogen and oxygen atoms in total. The van der Waals surface area contributed by atoms with Gasteiger partial charge in [-0.25, -0.2) is 4.39 Å². The standard InChI is InChI=1S/C22H22FN5O3/c23-18-5-1-3-15(11-18)13-28-14-17(6-7-20(28)29)22(30)25-10-8-19-26-21(27-31-19)16-4-2-9-24-12-16/h1-5,9,11-12,17H,6-8,10,13-14H2,(H,25,30)/t17-/m0/s1. The topological polar surface area (TPSA) is 101 Å². The van der Waals surface area contributed by atoms with Crippen LogP contribution in [0.2, 0.25) is 0 Å². The smallest absolute Gasteiger partial charge is 0.228 e. The minimum absolute atomic E-state index is 0.0258. The van der Waals surface area contributed by atoms with Crippen molar-refractivity contribution in [3.05, 3.63) is 66.1 Å². The Kier molecular flexibility index (Phi) is 6.30. The lowest BCUT2D eigenvalue weighted by molar-refractivity contribution is -0.138. The summed E-state index contributed by atoms with van der Waals surface area (Å²) in [5.41, 5.74) is 1.46. The zero-order valence-electron chi connectivity index (χ0n) is 16.8. The van der Waals surface area contributed by atoms with Gasteiger partial charge in [-0.15, -0.1) is 0 Å². The van der Waals surface area contributed by atoms with Gasteiger partial charge in [-0.3, -0.25) is 14.6 Å². The quantitative estimate of drug-likeness (QED) is 0.626. The molecule has 31 heavy (non-hydrogen) atoms. The van der Waals surface area contributed by atoms with E-state index in [1.54, 1.807) is 35.5 Å². The van der Waals surface area contributed by atoms with E-state index in [0.717, 1.165) is 5.56 Å². The van der Waals surface area contributed by atoms with Crippen LogP contribution < -0.4 is 5.32 Å². The van der Waals surface area contributed by atoms with Crippen molar-refractivity contribution in [1.29, 1.82) is 0 Å². The van der Waals surface area contributed by atoms with E-state index < -0.39 is 0 Å². The normalized spacial score (nSPS) is 16.4. The molecular weight excluding hydrogens is 401 g/mol. The van der Waals surface area contributed by atoms with Crippen LogP contribution in [0.15, 0.2) is 53.3 Å². The van der Waals surface area contributed by atoms with Crippen LogP contribution in [0.25, 0.3) is 11.4 Å². The summed E-state index contributed by atoms with van der Waals surface area (Å²) in [6.07, 6.45) is 4.51. The Bertz CT molecular complexity index is 1060. The third-order valence-corrected chi connectivity index (χ3v) is 5.16. The maximum Gasteiger partial charge on any atom is 0.228 e. The summed E-state index contributed by atoms with van der Waals surface area (Å²) < 4.78 is 18.6. The summed E-state index contributed by atoms with van der Waals surface area (Å²) in [6.45, 7) is 0.953. The molecule has 3 aromatic rings. The van der Waals surface area contributed by atoms with Gasteiger partial charge in [-0.1, -0.05) is 17.3 Å². The number of aromatic nitrogens is 3. The molecule has 3 heterocycles. The Morgan fingerprint density at radius 3 is 3.00 bits per heavy atom. The van der Waals surface area contributed by atoms with E-state index in [0.29, 0.717) is 56.2 Å². The van der Waals surface area contributed by atoms with Crippen LogP contribution >= 0.6 is 0 Å². The molecule has 9 heteroatoms. The molecule has 160 valence electrons. The first kappa shape index (κ1) is 20.6. The van der Waals surface area contributed by atoms with Crippen LogP contribution in [0, 0.1) is 11.7 Å². The van der Waals surface area contributed by atoms with Crippen molar-refractivity contribution >= 4 is 11.8 Å². The zero-order valence-corrected chi connectivity index (χ0v) is 16.8. The number of likely N-dealkylation sites (tertiary alicyclic amines) is 1. The summed E-state index contributed by atoms with van der Waals surface area (Å²) in [5.74, 6) is 0.0774. The van der Waals surface area contributed by atoms with E-state index in [4.69, 9.17) is 4.52 Å². The molecule has 0 spiro atoms. The van der Waals surface area contributed by atoms with Gasteiger partial charge in [-0.05, 0) is 36.2 Å². The molecule has 0 bridgehead atoms. The van der Waals surface area contributed by atoms with Crippen molar-refractivity contribution in [2.75, 3.05) is 13.1 Å². The maximum atomic E-state index is 13.4. The molecule has 1 aliphatic rings. The zero-order chi connectivity index (χ0) is 21.6. The minimum atomic E-state index is -0.344. The molecule has 1 atom stereocenters. The number of nitrogens with one attached hydrogen (secondary N) is 1. The van der Waals surface area contributed by atoms with E-state index >= 15 is 0 Å². The maximum absolute atomic E-state index is 13.4. The molecular formula is C22H22FN5O3. The molecule has 4 rings (SSSR count). The van der Waals surface area contributed by atoms with E-state index in [9.17, 15) is 14.0 Å². The van der Waals surface area contributed by atoms with E-state index in [2.05, 4.69) is 20.4 Å². The number of nitrogens with zero attached hydrogens (tertiary/aromatic N) is 4. The second kappa shape index (κ2) is 9.46. The second-order valence-electron chi connectivity index (χ2n) is 7.43. The Morgan fingerprint density at radius 1 is 1.29 bits per heavy atom. The Hall–Kier alpha value is -3.62. The van der Waals surface area contributed by atoms with Crippen molar-refractivity contribution in [1.82, 2.24) is 25.3 Å². The fourth-order valence-corrected chi connectivity index (χ4v) is 3.54. The summed E-state index contributed by atoms with van der Waals surface area (Å²) in [4.78, 5) is 34.8. The Balaban J connectivity index is 1.27. The summed E-state index contributed by atoms with van der Waals surface area (Å²) in [7, 11) is 0. The number of pyridine rings is 1. The van der Waals surface area contributed by atoms with Crippen molar-refractivity contribution in [3.8, 4) is 11.4 Å². The van der Waals surface area contributed by atoms with Gasteiger partial charge in [0.2, 0.25) is 23.5 Å². The summed E-state index contributed by atoms with van der Waals surface area (Å²) in [5, 5.41) is 6.81. The van der Waals surface area contributed by atoms with Crippen LogP contribution in [0.1, 0.15) is 24.3 Å². The van der Waals surface area contributed by atoms with Crippen molar-refractivity contribution in [3.63, 3.8) is 0 Å². The van der Waals surface area contributed by atoms with Crippen LogP contribution in [0.5, 0.6) is 0 Å². The molecule has 0 unspecified atom stereocenters. The van der Waals surface area contributed by atoms with Crippen LogP contribution in [-0.2, 0) is 22.6 Å². The van der Waals surface area contributed by atoms with Gasteiger partial charge < -0.3 is 14.7 Å². The van der Waals surface area contributed by atoms with Crippen LogP contribution in [-0.4, -0.2) is 44.9 Å². The Labute approximate surface area is 178 Å². The highest BCUT2D eigenvalue weighted by molar-refractivity contribution is 5.83. The first-order valence-electron chi connectivity index (χ1n) is 10.1. The molecule has 2 aromatic heterocycles. The molecule has 1 N–H and O–H groups in total. The van der Waals surface area contributed by atoms with Gasteiger partial charge in [0, 0.05) is 50.4 Å². The first-order chi connectivity index (χ1) is 15.1. The summed E-state index contributed by atoms with van der Waals surface area (Å²) >= 11 is 0. The van der Waals surface area contributed by atoms with E-state index in [1.165, 1.54) is 12.1 Å². The number of carbonyl (C=O) groups excluding carboxylic acids is 2. The van der Waals surface area contributed by atoms with Crippen molar-refractivity contribution in [2.24, 2.45) is 5.92 Å². The van der Waals surface area contributed by atoms with Crippen LogP contribution in [0.3, 0.4) is 0 Å². The Morgan fingerprint density at radius 2 is 2.19 bits per heavy atom. The van der Waals surface area contributed by atoms with Gasteiger partial charge in [0.15, 0.2) is 0 Å². The van der Waals surface area contributed by atoms with E-state index in [-0.39, 0.29) is 23.5 Å². The lowest BCUT2D eigenvalue weighted by Crippen LogP contribution is -2.45. The molecule has 2 amide bonds. The molecule has 1 fully saturated rings. The highest BCUT2D eigenvalue weighted by Crippen LogP contribution is 2.20. The highest BCUT2D eigenvalue weighted by Gasteiger charge is 2.30. The molecule has 0 aliphatic carbocycles. The van der Waals surface area contributed by atoms with Gasteiger partial charge in [0.05, 0.1) is 5.92 Å². The fourth-order valence-electron chi connectivity index (χ4n) is 3.54. The van der Waals surface area contributed by atoms with E-state index in [1.807, 2.05) is 6.07 Å². The number of benzene rings is 1. The number of carbonyl (C=O) groups is 2. The number of hydrogen-bond acceptors (Lipinski definition) is 6.